The first-order chi connectivity index (χ1) is 8.10. The zero-order valence-corrected chi connectivity index (χ0v) is 11.1. The van der Waals surface area contributed by atoms with Crippen molar-refractivity contribution in [2.45, 2.75) is 33.2 Å². The zero-order valence-electron chi connectivity index (χ0n) is 10.3. The van der Waals surface area contributed by atoms with Crippen LogP contribution in [0.25, 0.3) is 0 Å². The minimum Gasteiger partial charge on any atom is -0.346 e. The van der Waals surface area contributed by atoms with Crippen LogP contribution in [0.2, 0.25) is 0 Å². The van der Waals surface area contributed by atoms with E-state index in [4.69, 9.17) is 5.26 Å². The Kier molecular flexibility index (Phi) is 5.11. The number of thiazole rings is 1. The number of aromatic nitrogens is 1. The smallest absolute Gasteiger partial charge is 0.238 e. The predicted octanol–water partition coefficient (Wildman–Crippen LogP) is 2.51. The summed E-state index contributed by atoms with van der Waals surface area (Å²) in [6, 6.07) is 1.96. The molecule has 1 aromatic heterocycles. The van der Waals surface area contributed by atoms with E-state index in [2.05, 4.69) is 10.3 Å². The Hall–Kier alpha value is -1.41. The van der Waals surface area contributed by atoms with E-state index in [0.29, 0.717) is 0 Å². The van der Waals surface area contributed by atoms with Crippen LogP contribution >= 0.6 is 11.3 Å². The van der Waals surface area contributed by atoms with Crippen LogP contribution in [0.5, 0.6) is 0 Å². The number of amides is 1. The lowest BCUT2D eigenvalue weighted by Crippen LogP contribution is -2.35. The summed E-state index contributed by atoms with van der Waals surface area (Å²) >= 11 is 1.52. The molecule has 2 unspecified atom stereocenters. The maximum absolute atomic E-state index is 11.9. The van der Waals surface area contributed by atoms with Crippen molar-refractivity contribution < 1.29 is 4.79 Å². The van der Waals surface area contributed by atoms with E-state index < -0.39 is 5.92 Å². The van der Waals surface area contributed by atoms with E-state index in [0.717, 1.165) is 11.4 Å². The first-order valence-electron chi connectivity index (χ1n) is 5.69. The number of rotatable bonds is 5. The number of carbonyl (C=O) groups is 1. The van der Waals surface area contributed by atoms with Crippen LogP contribution in [-0.4, -0.2) is 10.9 Å². The van der Waals surface area contributed by atoms with Gasteiger partial charge in [-0.3, -0.25) is 4.79 Å². The molecule has 0 aliphatic rings. The average Bonchev–Trinajstić information content (AvgIpc) is 2.79. The van der Waals surface area contributed by atoms with Crippen molar-refractivity contribution in [1.29, 1.82) is 5.26 Å². The fourth-order valence-corrected chi connectivity index (χ4v) is 2.29. The molecule has 92 valence electrons. The number of hydrogen-bond acceptors (Lipinski definition) is 4. The van der Waals surface area contributed by atoms with Crippen LogP contribution in [0.1, 0.15) is 38.2 Å². The molecule has 0 aliphatic heterocycles. The van der Waals surface area contributed by atoms with Gasteiger partial charge in [0, 0.05) is 11.6 Å². The molecule has 0 aliphatic carbocycles. The Morgan fingerprint density at radius 2 is 2.35 bits per heavy atom. The quantitative estimate of drug-likeness (QED) is 0.874. The standard InChI is InChI=1S/C12H17N3OS/c1-4-10(12-14-5-6-17-12)15-11(16)9(7-13)8(2)3/h5-6,8-10H,4H2,1-3H3,(H,15,16). The van der Waals surface area contributed by atoms with Gasteiger partial charge in [-0.15, -0.1) is 11.3 Å². The molecule has 0 spiro atoms. The summed E-state index contributed by atoms with van der Waals surface area (Å²) in [5.41, 5.74) is 0. The molecule has 5 heteroatoms. The second-order valence-electron chi connectivity index (χ2n) is 4.19. The van der Waals surface area contributed by atoms with Crippen LogP contribution in [-0.2, 0) is 4.79 Å². The molecule has 0 saturated heterocycles. The van der Waals surface area contributed by atoms with Gasteiger partial charge < -0.3 is 5.32 Å². The summed E-state index contributed by atoms with van der Waals surface area (Å²) in [4.78, 5) is 16.1. The summed E-state index contributed by atoms with van der Waals surface area (Å²) in [6.45, 7) is 5.73. The Labute approximate surface area is 106 Å². The monoisotopic (exact) mass is 251 g/mol. The van der Waals surface area contributed by atoms with E-state index in [1.54, 1.807) is 6.20 Å². The van der Waals surface area contributed by atoms with Crippen LogP contribution in [0.3, 0.4) is 0 Å². The first kappa shape index (κ1) is 13.7. The van der Waals surface area contributed by atoms with Crippen LogP contribution in [0, 0.1) is 23.2 Å². The van der Waals surface area contributed by atoms with Crippen LogP contribution in [0.15, 0.2) is 11.6 Å². The number of hydrogen-bond donors (Lipinski definition) is 1. The van der Waals surface area contributed by atoms with Crippen molar-refractivity contribution in [1.82, 2.24) is 10.3 Å². The molecular formula is C12H17N3OS. The Bertz CT molecular complexity index is 394. The third-order valence-electron chi connectivity index (χ3n) is 2.56. The minimum atomic E-state index is -0.594. The molecule has 0 bridgehead atoms. The highest BCUT2D eigenvalue weighted by atomic mass is 32.1. The van der Waals surface area contributed by atoms with E-state index >= 15 is 0 Å². The van der Waals surface area contributed by atoms with E-state index in [-0.39, 0.29) is 17.9 Å². The van der Waals surface area contributed by atoms with Crippen molar-refractivity contribution in [3.63, 3.8) is 0 Å². The van der Waals surface area contributed by atoms with Crippen LogP contribution in [0.4, 0.5) is 0 Å². The summed E-state index contributed by atoms with van der Waals surface area (Å²) < 4.78 is 0. The van der Waals surface area contributed by atoms with Crippen molar-refractivity contribution in [2.24, 2.45) is 11.8 Å². The summed E-state index contributed by atoms with van der Waals surface area (Å²) in [5, 5.41) is 14.6. The van der Waals surface area contributed by atoms with E-state index in [1.807, 2.05) is 32.2 Å². The largest absolute Gasteiger partial charge is 0.346 e. The molecule has 0 aromatic carbocycles. The minimum absolute atomic E-state index is 0.0220. The van der Waals surface area contributed by atoms with Gasteiger partial charge in [-0.05, 0) is 12.3 Å². The molecule has 0 radical (unpaired) electrons. The van der Waals surface area contributed by atoms with Gasteiger partial charge in [0.05, 0.1) is 12.1 Å². The third kappa shape index (κ3) is 3.53. The molecule has 1 N–H and O–H groups in total. The highest BCUT2D eigenvalue weighted by molar-refractivity contribution is 7.09. The number of nitrogens with zero attached hydrogens (tertiary/aromatic N) is 2. The van der Waals surface area contributed by atoms with Crippen molar-refractivity contribution in [3.05, 3.63) is 16.6 Å². The highest BCUT2D eigenvalue weighted by Gasteiger charge is 2.24. The molecule has 17 heavy (non-hydrogen) atoms. The fourth-order valence-electron chi connectivity index (χ4n) is 1.52. The Morgan fingerprint density at radius 1 is 1.65 bits per heavy atom. The Balaban J connectivity index is 2.70. The van der Waals surface area contributed by atoms with Gasteiger partial charge in [0.2, 0.25) is 5.91 Å². The number of nitrogens with one attached hydrogen (secondary N) is 1. The lowest BCUT2D eigenvalue weighted by Gasteiger charge is -2.18. The van der Waals surface area contributed by atoms with Crippen molar-refractivity contribution in [3.8, 4) is 6.07 Å². The molecule has 0 saturated carbocycles. The second-order valence-corrected chi connectivity index (χ2v) is 5.12. The molecule has 1 rings (SSSR count). The topological polar surface area (TPSA) is 65.8 Å². The summed E-state index contributed by atoms with van der Waals surface area (Å²) in [7, 11) is 0. The van der Waals surface area contributed by atoms with Gasteiger partial charge in [0.25, 0.3) is 0 Å². The number of nitriles is 1. The van der Waals surface area contributed by atoms with Gasteiger partial charge in [-0.2, -0.15) is 5.26 Å². The van der Waals surface area contributed by atoms with Crippen molar-refractivity contribution in [2.75, 3.05) is 0 Å². The van der Waals surface area contributed by atoms with Gasteiger partial charge >= 0.3 is 0 Å². The molecule has 1 aromatic rings. The van der Waals surface area contributed by atoms with Crippen LogP contribution < -0.4 is 5.32 Å². The number of carbonyl (C=O) groups excluding carboxylic acids is 1. The average molecular weight is 251 g/mol. The zero-order chi connectivity index (χ0) is 12.8. The molecule has 4 nitrogen and oxygen atoms in total. The lowest BCUT2D eigenvalue weighted by molar-refractivity contribution is -0.125. The van der Waals surface area contributed by atoms with Gasteiger partial charge in [0.1, 0.15) is 10.9 Å². The third-order valence-corrected chi connectivity index (χ3v) is 3.45. The normalized spacial score (nSPS) is 14.1. The summed E-state index contributed by atoms with van der Waals surface area (Å²) in [6.07, 6.45) is 2.49. The van der Waals surface area contributed by atoms with Gasteiger partial charge in [-0.25, -0.2) is 4.98 Å². The maximum atomic E-state index is 11.9. The van der Waals surface area contributed by atoms with E-state index in [9.17, 15) is 4.79 Å². The maximum Gasteiger partial charge on any atom is 0.238 e. The molecular weight excluding hydrogens is 234 g/mol. The highest BCUT2D eigenvalue weighted by Crippen LogP contribution is 2.20. The molecule has 2 atom stereocenters. The Morgan fingerprint density at radius 3 is 2.76 bits per heavy atom. The molecule has 1 heterocycles. The van der Waals surface area contributed by atoms with E-state index in [1.165, 1.54) is 11.3 Å². The fraction of sp³-hybridized carbons (Fsp3) is 0.583. The molecule has 0 fully saturated rings. The van der Waals surface area contributed by atoms with Gasteiger partial charge in [0.15, 0.2) is 0 Å². The summed E-state index contributed by atoms with van der Waals surface area (Å²) in [5.74, 6) is -0.776. The second kappa shape index (κ2) is 6.36. The lowest BCUT2D eigenvalue weighted by atomic mass is 9.96. The molecule has 1 amide bonds. The first-order valence-corrected chi connectivity index (χ1v) is 6.57. The SMILES string of the molecule is CCC(NC(=O)C(C#N)C(C)C)c1nccs1. The van der Waals surface area contributed by atoms with Crippen molar-refractivity contribution >= 4 is 17.2 Å². The van der Waals surface area contributed by atoms with Gasteiger partial charge in [-0.1, -0.05) is 20.8 Å². The predicted molar refractivity (Wildman–Crippen MR) is 67.2 cm³/mol.